The molecular formula is C82H109N3. The van der Waals surface area contributed by atoms with E-state index >= 15 is 0 Å². The van der Waals surface area contributed by atoms with Crippen LogP contribution in [0.1, 0.15) is 192 Å². The minimum atomic E-state index is 0.116. The van der Waals surface area contributed by atoms with Crippen molar-refractivity contribution in [2.24, 2.45) is 17.8 Å². The zero-order chi connectivity index (χ0) is 62.7. The number of para-hydroxylation sites is 1. The van der Waals surface area contributed by atoms with Crippen LogP contribution in [0, 0.1) is 17.8 Å². The molecule has 85 heavy (non-hydrogen) atoms. The molecular weight excluding hydrogens is 1030 g/mol. The van der Waals surface area contributed by atoms with E-state index in [0.29, 0.717) is 17.8 Å². The molecule has 0 fully saturated rings. The highest BCUT2D eigenvalue weighted by molar-refractivity contribution is 5.80. The molecule has 0 saturated heterocycles. The Balaban J connectivity index is 0.000000358. The average molecular weight is 1140 g/mol. The van der Waals surface area contributed by atoms with Gasteiger partial charge in [-0.15, -0.1) is 0 Å². The summed E-state index contributed by atoms with van der Waals surface area (Å²) in [4.78, 5) is 7.11. The van der Waals surface area contributed by atoms with Crippen LogP contribution in [0.3, 0.4) is 0 Å². The number of hydrogen-bond donors (Lipinski definition) is 0. The van der Waals surface area contributed by atoms with Gasteiger partial charge in [0.2, 0.25) is 0 Å². The maximum absolute atomic E-state index is 3.91. The molecule has 3 atom stereocenters. The summed E-state index contributed by atoms with van der Waals surface area (Å²) in [6.07, 6.45) is 21.3. The quantitative estimate of drug-likeness (QED) is 0.101. The fourth-order valence-corrected chi connectivity index (χ4v) is 9.83. The molecule has 0 N–H and O–H groups in total. The first kappa shape index (κ1) is 70.1. The Morgan fingerprint density at radius 3 is 1.35 bits per heavy atom. The Morgan fingerprint density at radius 1 is 0.506 bits per heavy atom. The summed E-state index contributed by atoms with van der Waals surface area (Å²) < 4.78 is 0. The molecule has 7 aromatic carbocycles. The number of nitrogens with zero attached hydrogens (tertiary/aromatic N) is 3. The van der Waals surface area contributed by atoms with Crippen LogP contribution in [0.5, 0.6) is 0 Å². The van der Waals surface area contributed by atoms with Crippen molar-refractivity contribution in [2.75, 3.05) is 14.7 Å². The molecule has 0 aromatic heterocycles. The van der Waals surface area contributed by atoms with E-state index in [1.165, 1.54) is 74.8 Å². The smallest absolute Gasteiger partial charge is 0.0464 e. The van der Waals surface area contributed by atoms with Crippen molar-refractivity contribution in [3.63, 3.8) is 0 Å². The van der Waals surface area contributed by atoms with E-state index in [1.54, 1.807) is 0 Å². The van der Waals surface area contributed by atoms with Crippen molar-refractivity contribution in [2.45, 2.75) is 180 Å². The lowest BCUT2D eigenvalue weighted by atomic mass is 9.87. The molecule has 0 saturated carbocycles. The molecule has 3 nitrogen and oxygen atoms in total. The van der Waals surface area contributed by atoms with Gasteiger partial charge < -0.3 is 14.7 Å². The van der Waals surface area contributed by atoms with Crippen molar-refractivity contribution >= 4 is 45.9 Å². The van der Waals surface area contributed by atoms with Crippen LogP contribution in [0.15, 0.2) is 230 Å². The largest absolute Gasteiger partial charge is 0.314 e. The van der Waals surface area contributed by atoms with Gasteiger partial charge in [-0.3, -0.25) is 0 Å². The standard InChI is InChI=1S/C47H52N2.C24H27N.C4H10.C3H8.2C2H6/c1-8-34(3)36-15-24-42(25-16-36)48(41-13-11-10-12-14-41)43-26-17-37(18-27-43)38-19-28-44(29-20-38)49(46-30-21-39(33-46)35(4)9-2)45-31-22-40(23-32-45)47(5,6)7;1-5-19-10-9-13-23(18-19)25(21-11-7-6-8-12-21)22-16-14-20(15-17-22)24(2,3)4;1-4(2)3;1-3-2;2*1-2/h10-35,39H,8-9H2,1-7H3;5-7,9-11,13-18H,1,8,12H2,2-4H3;4H,1-3H3;3H2,1-2H3;2*1-2H3. The first-order valence-electron chi connectivity index (χ1n) is 32.2. The maximum Gasteiger partial charge on any atom is 0.0464 e. The highest BCUT2D eigenvalue weighted by atomic mass is 15.2. The third kappa shape index (κ3) is 20.7. The van der Waals surface area contributed by atoms with Crippen LogP contribution in [-0.2, 0) is 10.8 Å². The summed E-state index contributed by atoms with van der Waals surface area (Å²) in [5.41, 5.74) is 18.7. The van der Waals surface area contributed by atoms with E-state index in [-0.39, 0.29) is 10.8 Å². The van der Waals surface area contributed by atoms with Crippen LogP contribution < -0.4 is 14.7 Å². The molecule has 452 valence electrons. The van der Waals surface area contributed by atoms with Gasteiger partial charge in [0.1, 0.15) is 0 Å². The minimum Gasteiger partial charge on any atom is -0.314 e. The molecule has 2 aliphatic carbocycles. The molecule has 9 rings (SSSR count). The SMILES string of the molecule is C=Cc1cccc(N(C2=CC=CCC2)c2ccc(C(C)(C)C)cc2)c1.CC.CC.CC(C)C.CCC.CCC(C)c1ccc(N(c2ccccc2)c2ccc(-c3ccc(N(C4=CC(C(C)CC)C=C4)c4ccc(C(C)(C)C)cc4)cc3)cc2)cc1. The topological polar surface area (TPSA) is 9.72 Å². The molecule has 0 amide bonds. The van der Waals surface area contributed by atoms with E-state index in [4.69, 9.17) is 0 Å². The van der Waals surface area contributed by atoms with Crippen LogP contribution in [-0.4, -0.2) is 0 Å². The number of rotatable bonds is 15. The highest BCUT2D eigenvalue weighted by Gasteiger charge is 2.23. The van der Waals surface area contributed by atoms with Crippen molar-refractivity contribution < 1.29 is 0 Å². The monoisotopic (exact) mass is 1140 g/mol. The van der Waals surface area contributed by atoms with Gasteiger partial charge in [-0.1, -0.05) is 272 Å². The first-order valence-corrected chi connectivity index (χ1v) is 32.2. The molecule has 7 aromatic rings. The van der Waals surface area contributed by atoms with Gasteiger partial charge in [0, 0.05) is 51.2 Å². The van der Waals surface area contributed by atoms with Crippen molar-refractivity contribution in [3.8, 4) is 11.1 Å². The zero-order valence-electron chi connectivity index (χ0n) is 56.2. The van der Waals surface area contributed by atoms with Gasteiger partial charge in [-0.25, -0.2) is 0 Å². The predicted molar refractivity (Wildman–Crippen MR) is 382 cm³/mol. The lowest BCUT2D eigenvalue weighted by Crippen LogP contribution is -2.18. The normalized spacial score (nSPS) is 13.9. The fourth-order valence-electron chi connectivity index (χ4n) is 9.83. The summed E-state index contributed by atoms with van der Waals surface area (Å²) in [5, 5.41) is 0. The van der Waals surface area contributed by atoms with Gasteiger partial charge in [0.25, 0.3) is 0 Å². The van der Waals surface area contributed by atoms with Crippen molar-refractivity contribution in [1.82, 2.24) is 0 Å². The maximum atomic E-state index is 3.91. The Morgan fingerprint density at radius 2 is 0.929 bits per heavy atom. The molecule has 0 radical (unpaired) electrons. The van der Waals surface area contributed by atoms with Gasteiger partial charge in [-0.2, -0.15) is 0 Å². The van der Waals surface area contributed by atoms with E-state index in [0.717, 1.165) is 47.8 Å². The Labute approximate surface area is 519 Å². The van der Waals surface area contributed by atoms with Crippen LogP contribution in [0.2, 0.25) is 0 Å². The van der Waals surface area contributed by atoms with Gasteiger partial charge in [0.15, 0.2) is 0 Å². The van der Waals surface area contributed by atoms with E-state index in [2.05, 4.69) is 338 Å². The second-order valence-corrected chi connectivity index (χ2v) is 24.7. The molecule has 3 heteroatoms. The molecule has 0 aliphatic heterocycles. The van der Waals surface area contributed by atoms with Crippen LogP contribution in [0.4, 0.5) is 39.8 Å². The lowest BCUT2D eigenvalue weighted by molar-refractivity contribution is 0.486. The summed E-state index contributed by atoms with van der Waals surface area (Å²) in [6, 6.07) is 64.4. The van der Waals surface area contributed by atoms with E-state index in [1.807, 2.05) is 33.8 Å². The van der Waals surface area contributed by atoms with E-state index < -0.39 is 0 Å². The third-order valence-electron chi connectivity index (χ3n) is 15.0. The summed E-state index contributed by atoms with van der Waals surface area (Å²) in [7, 11) is 0. The van der Waals surface area contributed by atoms with E-state index in [9.17, 15) is 0 Å². The average Bonchev–Trinajstić information content (AvgIpc) is 4.25. The molecule has 3 unspecified atom stereocenters. The third-order valence-corrected chi connectivity index (χ3v) is 15.0. The van der Waals surface area contributed by atoms with Crippen LogP contribution in [0.25, 0.3) is 17.2 Å². The fraction of sp³-hybridized carbons (Fsp3) is 0.366. The second-order valence-electron chi connectivity index (χ2n) is 24.7. The Kier molecular flexibility index (Phi) is 29.0. The van der Waals surface area contributed by atoms with Gasteiger partial charge >= 0.3 is 0 Å². The number of anilines is 7. The number of benzene rings is 7. The van der Waals surface area contributed by atoms with Gasteiger partial charge in [-0.05, 0) is 184 Å². The van der Waals surface area contributed by atoms with Gasteiger partial charge in [0.05, 0.1) is 0 Å². The summed E-state index contributed by atoms with van der Waals surface area (Å²) in [5.74, 6) is 2.47. The first-order chi connectivity index (χ1) is 40.8. The highest BCUT2D eigenvalue weighted by Crippen LogP contribution is 2.41. The zero-order valence-corrected chi connectivity index (χ0v) is 56.2. The Bertz CT molecular complexity index is 3120. The minimum absolute atomic E-state index is 0.116. The van der Waals surface area contributed by atoms with Crippen molar-refractivity contribution in [1.29, 1.82) is 0 Å². The summed E-state index contributed by atoms with van der Waals surface area (Å²) >= 11 is 0. The number of allylic oxidation sites excluding steroid dienone is 7. The molecule has 0 bridgehead atoms. The predicted octanol–water partition coefficient (Wildman–Crippen LogP) is 26.0. The lowest BCUT2D eigenvalue weighted by Gasteiger charge is -2.30. The molecule has 0 spiro atoms. The summed E-state index contributed by atoms with van der Waals surface area (Å²) in [6.45, 7) is 45.4. The number of hydrogen-bond acceptors (Lipinski definition) is 3. The Hall–Kier alpha value is -7.36. The van der Waals surface area contributed by atoms with Crippen molar-refractivity contribution in [3.05, 3.63) is 253 Å². The van der Waals surface area contributed by atoms with Crippen LogP contribution >= 0.6 is 0 Å². The molecule has 0 heterocycles. The second kappa shape index (κ2) is 35.2. The molecule has 2 aliphatic rings.